The smallest absolute Gasteiger partial charge is 0.338 e. The number of esters is 1. The Balaban J connectivity index is 1.45. The second-order valence-corrected chi connectivity index (χ2v) is 8.54. The van der Waals surface area contributed by atoms with Crippen LogP contribution in [-0.2, 0) is 9.53 Å². The molecule has 2 aromatic rings. The average Bonchev–Trinajstić information content (AvgIpc) is 3.47. The fraction of sp³-hybridized carbons (Fsp3) is 0.440. The van der Waals surface area contributed by atoms with E-state index in [4.69, 9.17) is 18.6 Å². The Hall–Kier alpha value is -3.46. The van der Waals surface area contributed by atoms with Crippen LogP contribution in [0.1, 0.15) is 49.6 Å². The summed E-state index contributed by atoms with van der Waals surface area (Å²) in [6.07, 6.45) is 4.35. The van der Waals surface area contributed by atoms with Gasteiger partial charge in [-0.3, -0.25) is 4.90 Å². The maximum absolute atomic E-state index is 13.0. The molecule has 180 valence electrons. The molecule has 0 bridgehead atoms. The third-order valence-corrected chi connectivity index (χ3v) is 6.36. The molecule has 9 nitrogen and oxygen atoms in total. The van der Waals surface area contributed by atoms with E-state index in [9.17, 15) is 9.59 Å². The van der Waals surface area contributed by atoms with Crippen LogP contribution >= 0.6 is 0 Å². The lowest BCUT2D eigenvalue weighted by Gasteiger charge is -2.32. The van der Waals surface area contributed by atoms with Gasteiger partial charge in [0, 0.05) is 24.7 Å². The highest BCUT2D eigenvalue weighted by Crippen LogP contribution is 2.39. The second-order valence-electron chi connectivity index (χ2n) is 8.54. The van der Waals surface area contributed by atoms with E-state index in [0.717, 1.165) is 42.9 Å². The molecule has 0 radical (unpaired) electrons. The van der Waals surface area contributed by atoms with Crippen LogP contribution < -0.4 is 20.1 Å². The maximum Gasteiger partial charge on any atom is 0.338 e. The number of nitrogens with one attached hydrogen (secondary N) is 2. The first kappa shape index (κ1) is 22.3. The highest BCUT2D eigenvalue weighted by molar-refractivity contribution is 5.95. The van der Waals surface area contributed by atoms with Crippen LogP contribution in [0.25, 0.3) is 0 Å². The van der Waals surface area contributed by atoms with E-state index in [0.29, 0.717) is 36.8 Å². The molecule has 2 N–H and O–H groups in total. The van der Waals surface area contributed by atoms with Crippen LogP contribution in [0.15, 0.2) is 52.3 Å². The van der Waals surface area contributed by atoms with Crippen molar-refractivity contribution in [2.24, 2.45) is 0 Å². The van der Waals surface area contributed by atoms with Crippen LogP contribution in [0.3, 0.4) is 0 Å². The zero-order valence-electron chi connectivity index (χ0n) is 19.2. The molecule has 3 aliphatic rings. The minimum absolute atomic E-state index is 0.127. The van der Waals surface area contributed by atoms with E-state index >= 15 is 0 Å². The van der Waals surface area contributed by atoms with Crippen molar-refractivity contribution >= 4 is 12.0 Å². The first-order valence-corrected chi connectivity index (χ1v) is 11.8. The standard InChI is InChI=1S/C25H29N3O6/c1-2-31-24(29)22-17(26-25(30)27-23(22)20-7-4-11-33-20)15-28-10-3-6-18(28)16-8-9-19-21(14-16)34-13-5-12-32-19/h4,7-9,11,14,18,23H,2-3,5-6,10,12-13,15H2,1H3,(H2,26,27,30). The van der Waals surface area contributed by atoms with Crippen molar-refractivity contribution in [2.75, 3.05) is 32.9 Å². The number of benzene rings is 1. The van der Waals surface area contributed by atoms with Crippen molar-refractivity contribution < 1.29 is 28.2 Å². The van der Waals surface area contributed by atoms with Gasteiger partial charge in [-0.25, -0.2) is 9.59 Å². The van der Waals surface area contributed by atoms with Gasteiger partial charge < -0.3 is 29.3 Å². The zero-order chi connectivity index (χ0) is 23.5. The van der Waals surface area contributed by atoms with Gasteiger partial charge in [0.25, 0.3) is 0 Å². The molecule has 2 atom stereocenters. The molecular formula is C25H29N3O6. The normalized spacial score (nSPS) is 22.7. The second kappa shape index (κ2) is 9.80. The van der Waals surface area contributed by atoms with E-state index in [2.05, 4.69) is 27.7 Å². The van der Waals surface area contributed by atoms with Gasteiger partial charge in [0.15, 0.2) is 11.5 Å². The molecule has 5 rings (SSSR count). The zero-order valence-corrected chi connectivity index (χ0v) is 19.2. The quantitative estimate of drug-likeness (QED) is 0.628. The van der Waals surface area contributed by atoms with Crippen molar-refractivity contribution in [2.45, 2.75) is 38.3 Å². The van der Waals surface area contributed by atoms with Crippen molar-refractivity contribution in [3.05, 3.63) is 59.2 Å². The SMILES string of the molecule is CCOC(=O)C1=C(CN2CCCC2c2ccc3c(c2)OCCCO3)NC(=O)NC1c1ccco1. The van der Waals surface area contributed by atoms with E-state index in [1.807, 2.05) is 6.07 Å². The molecule has 2 amide bonds. The first-order valence-electron chi connectivity index (χ1n) is 11.8. The molecule has 2 unspecified atom stereocenters. The summed E-state index contributed by atoms with van der Waals surface area (Å²) in [5.74, 6) is 1.54. The number of fused-ring (bicyclic) bond motifs is 1. The van der Waals surface area contributed by atoms with Crippen LogP contribution in [-0.4, -0.2) is 49.8 Å². The molecule has 1 fully saturated rings. The molecule has 3 aliphatic heterocycles. The summed E-state index contributed by atoms with van der Waals surface area (Å²) in [5.41, 5.74) is 2.02. The van der Waals surface area contributed by atoms with Gasteiger partial charge in [-0.1, -0.05) is 6.07 Å². The Kier molecular flexibility index (Phi) is 6.44. The number of furan rings is 1. The molecule has 9 heteroatoms. The lowest BCUT2D eigenvalue weighted by Crippen LogP contribution is -2.48. The molecule has 4 heterocycles. The number of nitrogens with zero attached hydrogens (tertiary/aromatic N) is 1. The molecular weight excluding hydrogens is 438 g/mol. The van der Waals surface area contributed by atoms with Gasteiger partial charge in [0.05, 0.1) is 31.7 Å². The molecule has 1 aromatic carbocycles. The van der Waals surface area contributed by atoms with Crippen LogP contribution in [0, 0.1) is 0 Å². The predicted octanol–water partition coefficient (Wildman–Crippen LogP) is 3.45. The van der Waals surface area contributed by atoms with Crippen LogP contribution in [0.2, 0.25) is 0 Å². The summed E-state index contributed by atoms with van der Waals surface area (Å²) in [6.45, 7) is 4.52. The van der Waals surface area contributed by atoms with Gasteiger partial charge in [0.1, 0.15) is 11.8 Å². The molecule has 1 aromatic heterocycles. The Morgan fingerprint density at radius 1 is 1.18 bits per heavy atom. The summed E-state index contributed by atoms with van der Waals surface area (Å²) in [7, 11) is 0. The summed E-state index contributed by atoms with van der Waals surface area (Å²) < 4.78 is 22.5. The molecule has 0 spiro atoms. The van der Waals surface area contributed by atoms with Crippen molar-refractivity contribution in [3.63, 3.8) is 0 Å². The lowest BCUT2D eigenvalue weighted by molar-refractivity contribution is -0.139. The van der Waals surface area contributed by atoms with Crippen molar-refractivity contribution in [3.8, 4) is 11.5 Å². The molecule has 0 saturated carbocycles. The Labute approximate surface area is 198 Å². The molecule has 34 heavy (non-hydrogen) atoms. The van der Waals surface area contributed by atoms with Crippen LogP contribution in [0.5, 0.6) is 11.5 Å². The monoisotopic (exact) mass is 467 g/mol. The minimum Gasteiger partial charge on any atom is -0.490 e. The highest BCUT2D eigenvalue weighted by atomic mass is 16.5. The van der Waals surface area contributed by atoms with Gasteiger partial charge >= 0.3 is 12.0 Å². The molecule has 0 aliphatic carbocycles. The number of urea groups is 1. The summed E-state index contributed by atoms with van der Waals surface area (Å²) in [6, 6.07) is 8.60. The number of likely N-dealkylation sites (tertiary alicyclic amines) is 1. The number of carbonyl (C=O) groups excluding carboxylic acids is 2. The number of rotatable bonds is 6. The van der Waals surface area contributed by atoms with Crippen LogP contribution in [0.4, 0.5) is 4.79 Å². The van der Waals surface area contributed by atoms with Gasteiger partial charge in [0.2, 0.25) is 0 Å². The number of carbonyl (C=O) groups is 2. The number of amides is 2. The van der Waals surface area contributed by atoms with E-state index < -0.39 is 12.0 Å². The van der Waals surface area contributed by atoms with E-state index in [-0.39, 0.29) is 18.7 Å². The topological polar surface area (TPSA) is 102 Å². The van der Waals surface area contributed by atoms with Gasteiger partial charge in [-0.05, 0) is 56.1 Å². The average molecular weight is 468 g/mol. The number of hydrogen-bond acceptors (Lipinski definition) is 7. The van der Waals surface area contributed by atoms with Gasteiger partial charge in [-0.15, -0.1) is 0 Å². The fourth-order valence-corrected chi connectivity index (χ4v) is 4.84. The van der Waals surface area contributed by atoms with Crippen molar-refractivity contribution in [1.82, 2.24) is 15.5 Å². The molecule has 1 saturated heterocycles. The Morgan fingerprint density at radius 3 is 2.82 bits per heavy atom. The maximum atomic E-state index is 13.0. The van der Waals surface area contributed by atoms with E-state index in [1.54, 1.807) is 19.1 Å². The first-order chi connectivity index (χ1) is 16.6. The third-order valence-electron chi connectivity index (χ3n) is 6.36. The third kappa shape index (κ3) is 4.48. The number of hydrogen-bond donors (Lipinski definition) is 2. The Bertz CT molecular complexity index is 1080. The number of ether oxygens (including phenoxy) is 3. The highest BCUT2D eigenvalue weighted by Gasteiger charge is 2.37. The summed E-state index contributed by atoms with van der Waals surface area (Å²) >= 11 is 0. The Morgan fingerprint density at radius 2 is 2.03 bits per heavy atom. The largest absolute Gasteiger partial charge is 0.490 e. The fourth-order valence-electron chi connectivity index (χ4n) is 4.84. The predicted molar refractivity (Wildman–Crippen MR) is 122 cm³/mol. The van der Waals surface area contributed by atoms with Crippen molar-refractivity contribution in [1.29, 1.82) is 0 Å². The minimum atomic E-state index is -0.711. The lowest BCUT2D eigenvalue weighted by atomic mass is 9.99. The van der Waals surface area contributed by atoms with Gasteiger partial charge in [-0.2, -0.15) is 0 Å². The summed E-state index contributed by atoms with van der Waals surface area (Å²) in [4.78, 5) is 27.8. The summed E-state index contributed by atoms with van der Waals surface area (Å²) in [5, 5.41) is 5.65. The van der Waals surface area contributed by atoms with E-state index in [1.165, 1.54) is 6.26 Å².